The van der Waals surface area contributed by atoms with Gasteiger partial charge in [-0.1, -0.05) is 42.1 Å². The topological polar surface area (TPSA) is 81.3 Å². The zero-order chi connectivity index (χ0) is 19.5. The van der Waals surface area contributed by atoms with Crippen molar-refractivity contribution >= 4 is 45.0 Å². The van der Waals surface area contributed by atoms with E-state index < -0.39 is 0 Å². The monoisotopic (exact) mass is 413 g/mol. The number of amides is 1. The van der Waals surface area contributed by atoms with Gasteiger partial charge in [0.05, 0.1) is 11.3 Å². The maximum absolute atomic E-state index is 12.6. The second-order valence-electron chi connectivity index (χ2n) is 6.18. The molecule has 0 spiro atoms. The summed E-state index contributed by atoms with van der Waals surface area (Å²) in [7, 11) is 0. The molecule has 0 bridgehead atoms. The van der Waals surface area contributed by atoms with Gasteiger partial charge in [-0.05, 0) is 30.4 Å². The van der Waals surface area contributed by atoms with Gasteiger partial charge in [-0.15, -0.1) is 21.5 Å². The fourth-order valence-corrected chi connectivity index (χ4v) is 4.64. The number of nitrogens with zero attached hydrogens (tertiary/aromatic N) is 4. The minimum atomic E-state index is -0.0531. The molecule has 1 amide bonds. The van der Waals surface area contributed by atoms with Crippen LogP contribution in [0.4, 0.5) is 0 Å². The lowest BCUT2D eigenvalue weighted by molar-refractivity contribution is -0.118. The van der Waals surface area contributed by atoms with Crippen LogP contribution in [0.1, 0.15) is 12.5 Å². The Labute approximate surface area is 169 Å². The third-order valence-corrected chi connectivity index (χ3v) is 6.23. The number of nitrogens with one attached hydrogen (secondary N) is 1. The minimum Gasteiger partial charge on any atom is -0.355 e. The highest BCUT2D eigenvalue weighted by atomic mass is 32.2. The Morgan fingerprint density at radius 2 is 2.04 bits per heavy atom. The van der Waals surface area contributed by atoms with Crippen LogP contribution in [0, 0.1) is 0 Å². The number of aryl methyl sites for hydroxylation is 1. The molecule has 0 saturated heterocycles. The highest BCUT2D eigenvalue weighted by Gasteiger charge is 2.17. The van der Waals surface area contributed by atoms with E-state index in [1.807, 2.05) is 53.1 Å². The van der Waals surface area contributed by atoms with Crippen molar-refractivity contribution in [2.24, 2.45) is 0 Å². The summed E-state index contributed by atoms with van der Waals surface area (Å²) in [5, 5.41) is 13.8. The Balaban J connectivity index is 1.47. The van der Waals surface area contributed by atoms with Crippen molar-refractivity contribution < 1.29 is 4.79 Å². The van der Waals surface area contributed by atoms with Crippen molar-refractivity contribution in [1.82, 2.24) is 24.5 Å². The number of hydrogen-bond acceptors (Lipinski definition) is 6. The van der Waals surface area contributed by atoms with Crippen LogP contribution in [-0.4, -0.2) is 37.4 Å². The average Bonchev–Trinajstić information content (AvgIpc) is 3.35. The molecular weight excluding hydrogens is 394 g/mol. The molecule has 1 aromatic carbocycles. The minimum absolute atomic E-state index is 0.0527. The smallest absolute Gasteiger partial charge is 0.272 e. The number of benzene rings is 1. The maximum Gasteiger partial charge on any atom is 0.272 e. The van der Waals surface area contributed by atoms with Gasteiger partial charge in [0.1, 0.15) is 4.70 Å². The van der Waals surface area contributed by atoms with Gasteiger partial charge in [0.2, 0.25) is 11.7 Å². The van der Waals surface area contributed by atoms with Gasteiger partial charge in [-0.3, -0.25) is 18.6 Å². The number of carbonyl (C=O) groups excluding carboxylic acids is 1. The first-order valence-electron chi connectivity index (χ1n) is 8.97. The predicted molar refractivity (Wildman–Crippen MR) is 112 cm³/mol. The number of fused-ring (bicyclic) bond motifs is 3. The van der Waals surface area contributed by atoms with E-state index >= 15 is 0 Å². The molecule has 4 aromatic rings. The van der Waals surface area contributed by atoms with Crippen LogP contribution in [0.25, 0.3) is 16.0 Å². The lowest BCUT2D eigenvalue weighted by atomic mass is 10.1. The number of carbonyl (C=O) groups is 1. The molecule has 0 aliphatic heterocycles. The van der Waals surface area contributed by atoms with Gasteiger partial charge < -0.3 is 5.32 Å². The van der Waals surface area contributed by atoms with E-state index in [2.05, 4.69) is 15.5 Å². The van der Waals surface area contributed by atoms with Crippen LogP contribution in [-0.2, 0) is 17.8 Å². The summed E-state index contributed by atoms with van der Waals surface area (Å²) in [5.74, 6) is 0.695. The largest absolute Gasteiger partial charge is 0.355 e. The number of aromatic nitrogens is 4. The first-order valence-corrected chi connectivity index (χ1v) is 10.8. The van der Waals surface area contributed by atoms with E-state index in [-0.39, 0.29) is 17.2 Å². The summed E-state index contributed by atoms with van der Waals surface area (Å²) in [6.07, 6.45) is 0.795. The fourth-order valence-electron chi connectivity index (χ4n) is 3.05. The number of hydrogen-bond donors (Lipinski definition) is 1. The molecule has 9 heteroatoms. The van der Waals surface area contributed by atoms with Crippen LogP contribution < -0.4 is 10.9 Å². The Hall–Kier alpha value is -2.65. The molecular formula is C19H19N5O2S2. The second kappa shape index (κ2) is 8.15. The van der Waals surface area contributed by atoms with Crippen molar-refractivity contribution in [3.05, 3.63) is 57.7 Å². The molecule has 4 rings (SSSR count). The van der Waals surface area contributed by atoms with Crippen molar-refractivity contribution in [2.45, 2.75) is 25.0 Å². The van der Waals surface area contributed by atoms with Crippen molar-refractivity contribution in [3.63, 3.8) is 0 Å². The Morgan fingerprint density at radius 1 is 1.21 bits per heavy atom. The average molecular weight is 414 g/mol. The zero-order valence-corrected chi connectivity index (χ0v) is 16.9. The first kappa shape index (κ1) is 18.7. The van der Waals surface area contributed by atoms with Crippen LogP contribution in [0.2, 0.25) is 0 Å². The highest BCUT2D eigenvalue weighted by Crippen LogP contribution is 2.24. The standard InChI is InChI=1S/C19H19N5O2S2/c1-2-23-17(26)16-14(9-11-27-16)24-18(23)21-22-19(24)28-12-15(25)20-10-8-13-6-4-3-5-7-13/h3-7,9,11H,2,8,10,12H2,1H3,(H,20,25). The first-order chi connectivity index (χ1) is 13.7. The third kappa shape index (κ3) is 3.55. The molecule has 0 aliphatic carbocycles. The summed E-state index contributed by atoms with van der Waals surface area (Å²) in [6, 6.07) is 11.9. The van der Waals surface area contributed by atoms with Gasteiger partial charge in [-0.25, -0.2) is 0 Å². The predicted octanol–water partition coefficient (Wildman–Crippen LogP) is 2.58. The van der Waals surface area contributed by atoms with Gasteiger partial charge in [0.25, 0.3) is 5.56 Å². The molecule has 7 nitrogen and oxygen atoms in total. The lowest BCUT2D eigenvalue weighted by Crippen LogP contribution is -2.27. The van der Waals surface area contributed by atoms with Crippen molar-refractivity contribution in [3.8, 4) is 0 Å². The Morgan fingerprint density at radius 3 is 2.82 bits per heavy atom. The molecule has 0 unspecified atom stereocenters. The van der Waals surface area contributed by atoms with E-state index in [0.29, 0.717) is 28.7 Å². The zero-order valence-electron chi connectivity index (χ0n) is 15.3. The summed E-state index contributed by atoms with van der Waals surface area (Å²) in [4.78, 5) is 24.8. The quantitative estimate of drug-likeness (QED) is 0.471. The molecule has 3 heterocycles. The van der Waals surface area contributed by atoms with E-state index in [1.165, 1.54) is 28.7 Å². The molecule has 144 valence electrons. The lowest BCUT2D eigenvalue weighted by Gasteiger charge is -2.07. The highest BCUT2D eigenvalue weighted by molar-refractivity contribution is 7.99. The molecule has 3 aromatic heterocycles. The van der Waals surface area contributed by atoms with Gasteiger partial charge in [-0.2, -0.15) is 0 Å². The summed E-state index contributed by atoms with van der Waals surface area (Å²) < 4.78 is 4.14. The SMILES string of the molecule is CCn1c(=O)c2sccc2n2c(SCC(=O)NCCc3ccccc3)nnc12. The van der Waals surface area contributed by atoms with Gasteiger partial charge in [0, 0.05) is 13.1 Å². The van der Waals surface area contributed by atoms with Gasteiger partial charge in [0.15, 0.2) is 5.16 Å². The Kier molecular flexibility index (Phi) is 5.45. The van der Waals surface area contributed by atoms with Crippen LogP contribution >= 0.6 is 23.1 Å². The normalized spacial score (nSPS) is 11.3. The molecule has 0 atom stereocenters. The Bertz CT molecular complexity index is 1180. The van der Waals surface area contributed by atoms with Crippen LogP contribution in [0.15, 0.2) is 51.7 Å². The summed E-state index contributed by atoms with van der Waals surface area (Å²) in [5.41, 5.74) is 1.92. The molecule has 28 heavy (non-hydrogen) atoms. The second-order valence-corrected chi connectivity index (χ2v) is 8.04. The van der Waals surface area contributed by atoms with Crippen molar-refractivity contribution in [1.29, 1.82) is 0 Å². The molecule has 0 fully saturated rings. The van der Waals surface area contributed by atoms with Crippen molar-refractivity contribution in [2.75, 3.05) is 12.3 Å². The summed E-state index contributed by atoms with van der Waals surface area (Å²) >= 11 is 2.73. The van der Waals surface area contributed by atoms with E-state index in [1.54, 1.807) is 4.57 Å². The molecule has 1 N–H and O–H groups in total. The van der Waals surface area contributed by atoms with E-state index in [0.717, 1.165) is 11.9 Å². The molecule has 0 saturated carbocycles. The maximum atomic E-state index is 12.6. The third-order valence-electron chi connectivity index (χ3n) is 4.41. The summed E-state index contributed by atoms with van der Waals surface area (Å²) in [6.45, 7) is 3.01. The number of rotatable bonds is 7. The number of thioether (sulfide) groups is 1. The molecule has 0 aliphatic rings. The van der Waals surface area contributed by atoms with Crippen LogP contribution in [0.5, 0.6) is 0 Å². The van der Waals surface area contributed by atoms with Gasteiger partial charge >= 0.3 is 0 Å². The molecule has 0 radical (unpaired) electrons. The van der Waals surface area contributed by atoms with Crippen LogP contribution in [0.3, 0.4) is 0 Å². The van der Waals surface area contributed by atoms with E-state index in [9.17, 15) is 9.59 Å². The fraction of sp³-hybridized carbons (Fsp3) is 0.263. The number of thiophene rings is 1. The van der Waals surface area contributed by atoms with E-state index in [4.69, 9.17) is 0 Å².